The predicted molar refractivity (Wildman–Crippen MR) is 396 cm³/mol. The van der Waals surface area contributed by atoms with Gasteiger partial charge in [0, 0.05) is 68.6 Å². The molecule has 0 spiro atoms. The van der Waals surface area contributed by atoms with Gasteiger partial charge in [-0.15, -0.1) is 22.1 Å². The third kappa shape index (κ3) is 8.53. The average molecular weight is 1410 g/mol. The molecule has 21 rings (SSSR count). The maximum absolute atomic E-state index is 6.31. The fraction of sp³-hybridized carbons (Fsp3) is 0. The number of rotatable bonds is 4. The molecular formula is C88H48N8Pt. The molecule has 2 aliphatic heterocycles. The van der Waals surface area contributed by atoms with E-state index in [1.165, 1.54) is 0 Å². The van der Waals surface area contributed by atoms with Crippen molar-refractivity contribution in [3.63, 3.8) is 0 Å². The molecule has 18 aromatic rings. The molecule has 0 fully saturated rings. The summed E-state index contributed by atoms with van der Waals surface area (Å²) >= 11 is 0. The van der Waals surface area contributed by atoms with Crippen LogP contribution in [0.5, 0.6) is 0 Å². The minimum absolute atomic E-state index is 0. The fourth-order valence-electron chi connectivity index (χ4n) is 15.4. The van der Waals surface area contributed by atoms with E-state index in [0.29, 0.717) is 0 Å². The molecular weight excluding hydrogens is 1360 g/mol. The number of aromatic nitrogens is 8. The van der Waals surface area contributed by atoms with Gasteiger partial charge in [-0.05, 0) is 230 Å². The first-order valence-corrected chi connectivity index (χ1v) is 32.4. The Morgan fingerprint density at radius 1 is 0.206 bits per heavy atom. The first-order chi connectivity index (χ1) is 47.5. The second-order valence-electron chi connectivity index (χ2n) is 25.4. The van der Waals surface area contributed by atoms with Crippen molar-refractivity contribution in [1.82, 2.24) is 39.9 Å². The maximum Gasteiger partial charge on any atom is 2.00 e. The maximum atomic E-state index is 6.31. The van der Waals surface area contributed by atoms with Crippen molar-refractivity contribution < 1.29 is 21.1 Å². The van der Waals surface area contributed by atoms with E-state index in [4.69, 9.17) is 39.9 Å². The molecule has 1 aliphatic carbocycles. The molecule has 0 unspecified atom stereocenters. The summed E-state index contributed by atoms with van der Waals surface area (Å²) in [5, 5.41) is 16.7. The molecule has 8 nitrogen and oxygen atoms in total. The summed E-state index contributed by atoms with van der Waals surface area (Å²) in [6, 6.07) is 96.6. The predicted octanol–water partition coefficient (Wildman–Crippen LogP) is 22.0. The Morgan fingerprint density at radius 3 is 0.660 bits per heavy atom. The first kappa shape index (κ1) is 55.1. The van der Waals surface area contributed by atoms with E-state index in [2.05, 4.69) is 243 Å². The molecule has 0 N–H and O–H groups in total. The summed E-state index contributed by atoms with van der Waals surface area (Å²) in [5.41, 5.74) is 21.2. The van der Waals surface area contributed by atoms with Gasteiger partial charge < -0.3 is 9.97 Å². The summed E-state index contributed by atoms with van der Waals surface area (Å²) < 4.78 is 0. The van der Waals surface area contributed by atoms with Gasteiger partial charge in [-0.1, -0.05) is 146 Å². The van der Waals surface area contributed by atoms with Crippen LogP contribution in [0.15, 0.2) is 292 Å². The number of nitrogens with zero attached hydrogens (tertiary/aromatic N) is 8. The SMILES string of the molecule is [Pt+2].c1ccc2cc3c(cc2c1)-c1nc-3c(-c2ccc3ncccc3c2)c2[n-]c(c(-c3ccc4ncccc4c3)c3nc(c(-c4ccc5ncccc5c4)c4[n-]c(c1-c1ccc5ncccc5c1)c1cc5ccccc5cc41)-c1cc4ccccc4cc1-3)c1cc3ccccc3cc21. The summed E-state index contributed by atoms with van der Waals surface area (Å²) in [5.74, 6) is 0. The normalized spacial score (nSPS) is 12.0. The molecule has 12 aromatic carbocycles. The van der Waals surface area contributed by atoms with Crippen LogP contribution >= 0.6 is 0 Å². The Labute approximate surface area is 568 Å². The number of pyridine rings is 4. The van der Waals surface area contributed by atoms with Crippen LogP contribution in [0.3, 0.4) is 0 Å². The van der Waals surface area contributed by atoms with Gasteiger partial charge in [-0.2, -0.15) is 0 Å². The van der Waals surface area contributed by atoms with Crippen LogP contribution < -0.4 is 9.97 Å². The zero-order valence-electron chi connectivity index (χ0n) is 51.6. The molecule has 450 valence electrons. The van der Waals surface area contributed by atoms with Crippen LogP contribution in [0.2, 0.25) is 0 Å². The first-order valence-electron chi connectivity index (χ1n) is 32.4. The van der Waals surface area contributed by atoms with Crippen LogP contribution in [-0.4, -0.2) is 29.9 Å². The van der Waals surface area contributed by atoms with Crippen molar-refractivity contribution in [2.75, 3.05) is 0 Å². The van der Waals surface area contributed by atoms with E-state index in [9.17, 15) is 0 Å². The average Bonchev–Trinajstić information content (AvgIpc) is 1.56. The van der Waals surface area contributed by atoms with Gasteiger partial charge in [-0.3, -0.25) is 19.9 Å². The number of hydrogen-bond acceptors (Lipinski definition) is 6. The molecule has 0 saturated carbocycles. The molecule has 97 heavy (non-hydrogen) atoms. The van der Waals surface area contributed by atoms with E-state index >= 15 is 0 Å². The zero-order valence-corrected chi connectivity index (χ0v) is 53.9. The van der Waals surface area contributed by atoms with E-state index in [-0.39, 0.29) is 21.1 Å². The van der Waals surface area contributed by atoms with Crippen LogP contribution in [0, 0.1) is 0 Å². The van der Waals surface area contributed by atoms with Crippen molar-refractivity contribution >= 4 is 130 Å². The summed E-state index contributed by atoms with van der Waals surface area (Å²) in [6.45, 7) is 0. The molecule has 3 aliphatic rings. The van der Waals surface area contributed by atoms with Crippen LogP contribution in [0.25, 0.3) is 220 Å². The largest absolute Gasteiger partial charge is 2.00 e. The van der Waals surface area contributed by atoms with Crippen LogP contribution in [-0.2, 0) is 21.1 Å². The Balaban J connectivity index is 0.00000641. The molecule has 9 heteroatoms. The van der Waals surface area contributed by atoms with Crippen molar-refractivity contribution in [1.29, 1.82) is 0 Å². The third-order valence-electron chi connectivity index (χ3n) is 19.9. The molecule has 0 saturated heterocycles. The molecule has 0 amide bonds. The molecule has 8 bridgehead atoms. The van der Waals surface area contributed by atoms with Crippen LogP contribution in [0.1, 0.15) is 0 Å². The van der Waals surface area contributed by atoms with Gasteiger partial charge in [0.1, 0.15) is 0 Å². The van der Waals surface area contributed by atoms with E-state index in [1.807, 2.05) is 49.1 Å². The van der Waals surface area contributed by atoms with Crippen molar-refractivity contribution in [2.24, 2.45) is 0 Å². The fourth-order valence-corrected chi connectivity index (χ4v) is 15.4. The van der Waals surface area contributed by atoms with Crippen molar-refractivity contribution in [3.05, 3.63) is 292 Å². The van der Waals surface area contributed by atoms with Gasteiger partial charge in [0.05, 0.1) is 44.8 Å². The Hall–Kier alpha value is -12.4. The quantitative estimate of drug-likeness (QED) is 0.172. The van der Waals surface area contributed by atoms with Gasteiger partial charge in [0.2, 0.25) is 0 Å². The molecule has 8 heterocycles. The summed E-state index contributed by atoms with van der Waals surface area (Å²) in [4.78, 5) is 44.8. The minimum Gasteiger partial charge on any atom is -0.656 e. The van der Waals surface area contributed by atoms with E-state index in [1.54, 1.807) is 0 Å². The van der Waals surface area contributed by atoms with Gasteiger partial charge in [-0.25, -0.2) is 9.97 Å². The number of benzene rings is 12. The molecule has 0 atom stereocenters. The second kappa shape index (κ2) is 21.3. The minimum atomic E-state index is 0. The van der Waals surface area contributed by atoms with E-state index < -0.39 is 0 Å². The number of hydrogen-bond donors (Lipinski definition) is 0. The topological polar surface area (TPSA) is 106 Å². The Morgan fingerprint density at radius 2 is 0.423 bits per heavy atom. The van der Waals surface area contributed by atoms with Gasteiger partial charge >= 0.3 is 21.1 Å². The van der Waals surface area contributed by atoms with E-state index in [0.717, 1.165) is 220 Å². The van der Waals surface area contributed by atoms with Gasteiger partial charge in [0.25, 0.3) is 0 Å². The second-order valence-corrected chi connectivity index (χ2v) is 25.4. The molecule has 0 radical (unpaired) electrons. The standard InChI is InChI=1S/C88H48N8.Pt/c1-2-14-50-42-66-65(41-49(50)13-1)81-77(61-25-29-73-57(37-61)21-9-33-89-73)83-67-43-51-15-3-4-16-52(51)44-68(67)85(94-83)79(63-27-31-75-59(39-63)23-11-35-91-75)87-71-47-55-19-7-8-20-56(55)48-72(71)88(96-87)80(64-28-32-76-60(40-64)24-12-36-92-76)86-70-46-54-18-6-5-17-53(54)45-69(70)84(95-86)78(82(66)93-81)62-26-30-74-58(38-62)22-10-34-90-74;/h1-48H;/q-2;+2. The monoisotopic (exact) mass is 1410 g/mol. The summed E-state index contributed by atoms with van der Waals surface area (Å²) in [6.07, 6.45) is 7.45. The van der Waals surface area contributed by atoms with Gasteiger partial charge in [0.15, 0.2) is 0 Å². The van der Waals surface area contributed by atoms with Crippen molar-refractivity contribution in [3.8, 4) is 89.5 Å². The Kier molecular flexibility index (Phi) is 12.1. The molecule has 6 aromatic heterocycles. The third-order valence-corrected chi connectivity index (χ3v) is 19.9. The zero-order chi connectivity index (χ0) is 62.7. The Bertz CT molecular complexity index is 6050. The summed E-state index contributed by atoms with van der Waals surface area (Å²) in [7, 11) is 0. The number of fused-ring (bicyclic) bond motifs is 8. The van der Waals surface area contributed by atoms with Crippen LogP contribution in [0.4, 0.5) is 0 Å². The van der Waals surface area contributed by atoms with Crippen molar-refractivity contribution in [2.45, 2.75) is 0 Å². The smallest absolute Gasteiger partial charge is 0.656 e.